The van der Waals surface area contributed by atoms with Crippen molar-refractivity contribution in [3.05, 3.63) is 27.7 Å². The van der Waals surface area contributed by atoms with Crippen molar-refractivity contribution in [2.24, 2.45) is 5.73 Å². The minimum absolute atomic E-state index is 0.267. The van der Waals surface area contributed by atoms with Gasteiger partial charge in [-0.25, -0.2) is 0 Å². The topological polar surface area (TPSA) is 47.3 Å². The monoisotopic (exact) mass is 288 g/mol. The molecule has 0 bridgehead atoms. The maximum atomic E-state index is 6.21. The summed E-state index contributed by atoms with van der Waals surface area (Å²) in [6.07, 6.45) is 3.01. The normalized spacial score (nSPS) is 18.9. The van der Waals surface area contributed by atoms with Gasteiger partial charge in [0.2, 0.25) is 0 Å². The van der Waals surface area contributed by atoms with Crippen LogP contribution in [0.3, 0.4) is 0 Å². The van der Waals surface area contributed by atoms with Crippen LogP contribution in [0.25, 0.3) is 0 Å². The molecule has 3 nitrogen and oxygen atoms in total. The minimum Gasteiger partial charge on any atom is -0.492 e. The molecule has 1 aromatic carbocycles. The van der Waals surface area contributed by atoms with E-state index < -0.39 is 0 Å². The first-order chi connectivity index (χ1) is 8.74. The molecule has 0 spiro atoms. The number of nitrogens with one attached hydrogen (secondary N) is 1. The molecule has 1 unspecified atom stereocenters. The lowest BCUT2D eigenvalue weighted by atomic mass is 10.0. The number of fused-ring (bicyclic) bond motifs is 1. The zero-order valence-electron chi connectivity index (χ0n) is 10.2. The van der Waals surface area contributed by atoms with E-state index >= 15 is 0 Å². The Morgan fingerprint density at radius 1 is 1.39 bits per heavy atom. The molecule has 0 fully saturated rings. The summed E-state index contributed by atoms with van der Waals surface area (Å²) < 4.78 is 5.72. The maximum Gasteiger partial charge on any atom is 0.144 e. The average Bonchev–Trinajstić information content (AvgIpc) is 2.57. The summed E-state index contributed by atoms with van der Waals surface area (Å²) in [7, 11) is 0. The molecular weight excluding hydrogens is 271 g/mol. The Labute approximate surface area is 118 Å². The molecular formula is C13H18Cl2N2O. The highest BCUT2D eigenvalue weighted by Gasteiger charge is 2.22. The van der Waals surface area contributed by atoms with Gasteiger partial charge < -0.3 is 15.8 Å². The smallest absolute Gasteiger partial charge is 0.144 e. The molecule has 5 heteroatoms. The van der Waals surface area contributed by atoms with Crippen LogP contribution in [-0.4, -0.2) is 19.7 Å². The van der Waals surface area contributed by atoms with Gasteiger partial charge in [0.15, 0.2) is 0 Å². The second-order valence-corrected chi connectivity index (χ2v) is 5.20. The highest BCUT2D eigenvalue weighted by Crippen LogP contribution is 2.40. The summed E-state index contributed by atoms with van der Waals surface area (Å²) >= 11 is 12.2. The molecule has 0 amide bonds. The van der Waals surface area contributed by atoms with Crippen LogP contribution < -0.4 is 15.8 Å². The SMILES string of the molecule is NCCCNC1CCCOc2c1ccc(Cl)c2Cl. The number of benzene rings is 1. The van der Waals surface area contributed by atoms with Crippen molar-refractivity contribution in [3.63, 3.8) is 0 Å². The molecule has 1 atom stereocenters. The molecule has 1 heterocycles. The molecule has 3 N–H and O–H groups in total. The van der Waals surface area contributed by atoms with E-state index in [2.05, 4.69) is 5.32 Å². The van der Waals surface area contributed by atoms with Crippen LogP contribution in [0, 0.1) is 0 Å². The number of rotatable bonds is 4. The second-order valence-electron chi connectivity index (χ2n) is 4.42. The molecule has 0 radical (unpaired) electrons. The molecule has 100 valence electrons. The van der Waals surface area contributed by atoms with Crippen LogP contribution in [0.1, 0.15) is 30.9 Å². The third-order valence-corrected chi connectivity index (χ3v) is 3.90. The fraction of sp³-hybridized carbons (Fsp3) is 0.538. The van der Waals surface area contributed by atoms with Crippen molar-refractivity contribution in [2.45, 2.75) is 25.3 Å². The van der Waals surface area contributed by atoms with Gasteiger partial charge in [0.25, 0.3) is 0 Å². The Hall–Kier alpha value is -0.480. The molecule has 18 heavy (non-hydrogen) atoms. The molecule has 0 saturated heterocycles. The molecule has 0 aliphatic carbocycles. The molecule has 1 aliphatic heterocycles. The van der Waals surface area contributed by atoms with Gasteiger partial charge >= 0.3 is 0 Å². The van der Waals surface area contributed by atoms with Crippen molar-refractivity contribution in [2.75, 3.05) is 19.7 Å². The van der Waals surface area contributed by atoms with Crippen molar-refractivity contribution in [3.8, 4) is 5.75 Å². The van der Waals surface area contributed by atoms with Crippen LogP contribution in [0.2, 0.25) is 10.0 Å². The van der Waals surface area contributed by atoms with Gasteiger partial charge in [-0.15, -0.1) is 0 Å². The second kappa shape index (κ2) is 6.62. The molecule has 1 aliphatic rings. The molecule has 1 aromatic rings. The molecule has 2 rings (SSSR count). The van der Waals surface area contributed by atoms with E-state index in [4.69, 9.17) is 33.7 Å². The van der Waals surface area contributed by atoms with Gasteiger partial charge in [-0.3, -0.25) is 0 Å². The Morgan fingerprint density at radius 2 is 2.22 bits per heavy atom. The van der Waals surface area contributed by atoms with Crippen molar-refractivity contribution in [1.82, 2.24) is 5.32 Å². The summed E-state index contributed by atoms with van der Waals surface area (Å²) in [5, 5.41) is 4.56. The number of hydrogen-bond acceptors (Lipinski definition) is 3. The standard InChI is InChI=1S/C13H18Cl2N2O/c14-10-5-4-9-11(17-7-2-6-16)3-1-8-18-13(9)12(10)15/h4-5,11,17H,1-3,6-8,16H2. The average molecular weight is 289 g/mol. The van der Waals surface area contributed by atoms with Crippen molar-refractivity contribution in [1.29, 1.82) is 0 Å². The lowest BCUT2D eigenvalue weighted by molar-refractivity contribution is 0.315. The third-order valence-electron chi connectivity index (χ3n) is 3.11. The Bertz CT molecular complexity index is 412. The van der Waals surface area contributed by atoms with Gasteiger partial charge in [-0.1, -0.05) is 29.3 Å². The fourth-order valence-corrected chi connectivity index (χ4v) is 2.55. The van der Waals surface area contributed by atoms with E-state index in [1.807, 2.05) is 12.1 Å². The van der Waals surface area contributed by atoms with Gasteiger partial charge in [0.1, 0.15) is 10.8 Å². The number of nitrogens with two attached hydrogens (primary N) is 1. The van der Waals surface area contributed by atoms with E-state index in [1.165, 1.54) is 0 Å². The van der Waals surface area contributed by atoms with Gasteiger partial charge in [-0.05, 0) is 38.4 Å². The van der Waals surface area contributed by atoms with Gasteiger partial charge in [0.05, 0.1) is 11.6 Å². The van der Waals surface area contributed by atoms with Crippen LogP contribution in [0.5, 0.6) is 5.75 Å². The van der Waals surface area contributed by atoms with Crippen molar-refractivity contribution < 1.29 is 4.74 Å². The Morgan fingerprint density at radius 3 is 3.00 bits per heavy atom. The predicted octanol–water partition coefficient (Wildman–Crippen LogP) is 3.15. The van der Waals surface area contributed by atoms with E-state index in [9.17, 15) is 0 Å². The summed E-state index contributed by atoms with van der Waals surface area (Å²) in [6, 6.07) is 4.09. The highest BCUT2D eigenvalue weighted by atomic mass is 35.5. The fourth-order valence-electron chi connectivity index (χ4n) is 2.18. The predicted molar refractivity (Wildman–Crippen MR) is 75.6 cm³/mol. The summed E-state index contributed by atoms with van der Waals surface area (Å²) in [5.41, 5.74) is 6.61. The summed E-state index contributed by atoms with van der Waals surface area (Å²) in [4.78, 5) is 0. The zero-order chi connectivity index (χ0) is 13.0. The van der Waals surface area contributed by atoms with Crippen LogP contribution in [-0.2, 0) is 0 Å². The Balaban J connectivity index is 2.22. The lowest BCUT2D eigenvalue weighted by Gasteiger charge is -2.19. The number of ether oxygens (including phenoxy) is 1. The largest absolute Gasteiger partial charge is 0.492 e. The minimum atomic E-state index is 0.267. The molecule has 0 aromatic heterocycles. The summed E-state index contributed by atoms with van der Waals surface area (Å²) in [6.45, 7) is 2.29. The van der Waals surface area contributed by atoms with Gasteiger partial charge in [0, 0.05) is 11.6 Å². The van der Waals surface area contributed by atoms with E-state index in [0.29, 0.717) is 23.2 Å². The first-order valence-electron chi connectivity index (χ1n) is 6.28. The number of hydrogen-bond donors (Lipinski definition) is 2. The third kappa shape index (κ3) is 3.09. The summed E-state index contributed by atoms with van der Waals surface area (Å²) in [5.74, 6) is 0.729. The maximum absolute atomic E-state index is 6.21. The first-order valence-corrected chi connectivity index (χ1v) is 7.03. The van der Waals surface area contributed by atoms with Crippen LogP contribution in [0.4, 0.5) is 0 Å². The van der Waals surface area contributed by atoms with Gasteiger partial charge in [-0.2, -0.15) is 0 Å². The highest BCUT2D eigenvalue weighted by molar-refractivity contribution is 6.43. The van der Waals surface area contributed by atoms with Crippen LogP contribution in [0.15, 0.2) is 12.1 Å². The van der Waals surface area contributed by atoms with E-state index in [1.54, 1.807) is 0 Å². The quantitative estimate of drug-likeness (QED) is 0.837. The first kappa shape index (κ1) is 13.9. The van der Waals surface area contributed by atoms with Crippen molar-refractivity contribution >= 4 is 23.2 Å². The van der Waals surface area contributed by atoms with E-state index in [0.717, 1.165) is 37.1 Å². The zero-order valence-corrected chi connectivity index (χ0v) is 11.7. The Kier molecular flexibility index (Phi) is 5.13. The molecule has 0 saturated carbocycles. The van der Waals surface area contributed by atoms with E-state index in [-0.39, 0.29) is 6.04 Å². The number of halogens is 2. The van der Waals surface area contributed by atoms with Crippen LogP contribution >= 0.6 is 23.2 Å². The lowest BCUT2D eigenvalue weighted by Crippen LogP contribution is -2.23.